The number of carbonyl (C=O) groups excluding carboxylic acids is 2. The lowest BCUT2D eigenvalue weighted by Crippen LogP contribution is -2.43. The van der Waals surface area contributed by atoms with Gasteiger partial charge in [-0.1, -0.05) is 0 Å². The van der Waals surface area contributed by atoms with Gasteiger partial charge >= 0.3 is 12.2 Å². The van der Waals surface area contributed by atoms with Crippen LogP contribution in [0, 0.1) is 0 Å². The van der Waals surface area contributed by atoms with E-state index in [4.69, 9.17) is 9.47 Å². The highest BCUT2D eigenvalue weighted by atomic mass is 16.6. The van der Waals surface area contributed by atoms with Crippen LogP contribution in [0.2, 0.25) is 0 Å². The van der Waals surface area contributed by atoms with Crippen LogP contribution in [0.15, 0.2) is 24.3 Å². The van der Waals surface area contributed by atoms with Crippen LogP contribution in [0.3, 0.4) is 0 Å². The average molecular weight is 364 g/mol. The summed E-state index contributed by atoms with van der Waals surface area (Å²) < 4.78 is 10.8. The summed E-state index contributed by atoms with van der Waals surface area (Å²) in [7, 11) is 0. The number of benzene rings is 1. The van der Waals surface area contributed by atoms with Gasteiger partial charge in [-0.25, -0.2) is 9.59 Å². The lowest BCUT2D eigenvalue weighted by Gasteiger charge is -2.30. The number of rotatable bonds is 6. The van der Waals surface area contributed by atoms with E-state index in [0.717, 1.165) is 0 Å². The zero-order chi connectivity index (χ0) is 20.0. The van der Waals surface area contributed by atoms with Crippen LogP contribution in [-0.2, 0) is 0 Å². The van der Waals surface area contributed by atoms with Gasteiger partial charge in [0.05, 0.1) is 0 Å². The van der Waals surface area contributed by atoms with E-state index in [2.05, 4.69) is 0 Å². The molecule has 146 valence electrons. The van der Waals surface area contributed by atoms with Gasteiger partial charge in [0.25, 0.3) is 0 Å². The van der Waals surface area contributed by atoms with Crippen molar-refractivity contribution >= 4 is 12.2 Å². The molecule has 6 nitrogen and oxygen atoms in total. The predicted octanol–water partition coefficient (Wildman–Crippen LogP) is 4.92. The highest BCUT2D eigenvalue weighted by molar-refractivity contribution is 5.72. The molecular formula is C20H32N2O4. The van der Waals surface area contributed by atoms with Crippen molar-refractivity contribution < 1.29 is 19.1 Å². The first-order chi connectivity index (χ1) is 12.0. The third kappa shape index (κ3) is 5.93. The maximum atomic E-state index is 12.3. The largest absolute Gasteiger partial charge is 0.415 e. The summed E-state index contributed by atoms with van der Waals surface area (Å²) in [6.07, 6.45) is -0.795. The van der Waals surface area contributed by atoms with Gasteiger partial charge in [0.15, 0.2) is 0 Å². The Kier molecular flexibility index (Phi) is 7.93. The normalized spacial score (nSPS) is 11.2. The minimum absolute atomic E-state index is 0.0424. The third-order valence-corrected chi connectivity index (χ3v) is 3.88. The lowest BCUT2D eigenvalue weighted by atomic mass is 10.2. The van der Waals surface area contributed by atoms with E-state index in [-0.39, 0.29) is 24.2 Å². The molecule has 0 aliphatic rings. The van der Waals surface area contributed by atoms with Crippen molar-refractivity contribution in [1.82, 2.24) is 9.80 Å². The van der Waals surface area contributed by atoms with Crippen molar-refractivity contribution in [1.29, 1.82) is 0 Å². The van der Waals surface area contributed by atoms with Gasteiger partial charge in [0, 0.05) is 24.2 Å². The molecule has 6 heteroatoms. The van der Waals surface area contributed by atoms with Crippen LogP contribution in [0.5, 0.6) is 11.5 Å². The van der Waals surface area contributed by atoms with E-state index in [1.54, 1.807) is 34.1 Å². The minimum atomic E-state index is -0.398. The topological polar surface area (TPSA) is 59.1 Å². The fourth-order valence-electron chi connectivity index (χ4n) is 2.92. The quantitative estimate of drug-likeness (QED) is 0.719. The standard InChI is InChI=1S/C20H32N2O4/c1-13(2)21(14(3)4)19(23)25-17-9-11-18(12-10-17)26-20(24)22(15(5)6)16(7)8/h9-16H,1-8H3. The van der Waals surface area contributed by atoms with E-state index >= 15 is 0 Å². The number of carbonyl (C=O) groups is 2. The van der Waals surface area contributed by atoms with Crippen LogP contribution < -0.4 is 9.47 Å². The van der Waals surface area contributed by atoms with Crippen molar-refractivity contribution in [3.05, 3.63) is 24.3 Å². The molecule has 0 N–H and O–H groups in total. The molecule has 0 saturated carbocycles. The van der Waals surface area contributed by atoms with Gasteiger partial charge in [-0.05, 0) is 79.7 Å². The number of nitrogens with zero attached hydrogens (tertiary/aromatic N) is 2. The van der Waals surface area contributed by atoms with Gasteiger partial charge in [-0.3, -0.25) is 0 Å². The molecule has 0 aliphatic heterocycles. The minimum Gasteiger partial charge on any atom is -0.410 e. The van der Waals surface area contributed by atoms with E-state index in [0.29, 0.717) is 11.5 Å². The molecular weight excluding hydrogens is 332 g/mol. The number of ether oxygens (including phenoxy) is 2. The molecule has 0 fully saturated rings. The number of amides is 2. The molecule has 1 aromatic rings. The number of hydrogen-bond donors (Lipinski definition) is 0. The summed E-state index contributed by atoms with van der Waals surface area (Å²) in [5.41, 5.74) is 0. The Morgan fingerprint density at radius 1 is 0.615 bits per heavy atom. The van der Waals surface area contributed by atoms with E-state index in [1.165, 1.54) is 0 Å². The Labute approximate surface area is 157 Å². The van der Waals surface area contributed by atoms with Crippen molar-refractivity contribution in [3.63, 3.8) is 0 Å². The molecule has 0 heterocycles. The van der Waals surface area contributed by atoms with Gasteiger partial charge in [-0.2, -0.15) is 0 Å². The highest BCUT2D eigenvalue weighted by Crippen LogP contribution is 2.21. The molecule has 0 spiro atoms. The molecule has 1 aromatic carbocycles. The summed E-state index contributed by atoms with van der Waals surface area (Å²) in [6, 6.07) is 6.65. The van der Waals surface area contributed by atoms with Gasteiger partial charge in [0.2, 0.25) is 0 Å². The van der Waals surface area contributed by atoms with E-state index in [9.17, 15) is 9.59 Å². The SMILES string of the molecule is CC(C)N(C(=O)Oc1ccc(OC(=O)N(C(C)C)C(C)C)cc1)C(C)C. The maximum absolute atomic E-state index is 12.3. The van der Waals surface area contributed by atoms with E-state index in [1.807, 2.05) is 55.4 Å². The number of hydrogen-bond acceptors (Lipinski definition) is 4. The van der Waals surface area contributed by atoms with Crippen LogP contribution in [0.1, 0.15) is 55.4 Å². The molecule has 1 rings (SSSR count). The monoisotopic (exact) mass is 364 g/mol. The molecule has 0 aliphatic carbocycles. The molecule has 26 heavy (non-hydrogen) atoms. The smallest absolute Gasteiger partial charge is 0.410 e. The highest BCUT2D eigenvalue weighted by Gasteiger charge is 2.23. The Bertz CT molecular complexity index is 525. The first-order valence-electron chi connectivity index (χ1n) is 9.14. The summed E-state index contributed by atoms with van der Waals surface area (Å²) in [5, 5.41) is 0. The molecule has 0 bridgehead atoms. The second kappa shape index (κ2) is 9.46. The van der Waals surface area contributed by atoms with Gasteiger partial charge < -0.3 is 19.3 Å². The second-order valence-electron chi connectivity index (χ2n) is 7.40. The Hall–Kier alpha value is -2.24. The second-order valence-corrected chi connectivity index (χ2v) is 7.40. The van der Waals surface area contributed by atoms with Gasteiger partial charge in [-0.15, -0.1) is 0 Å². The van der Waals surface area contributed by atoms with Crippen LogP contribution in [-0.4, -0.2) is 46.2 Å². The Balaban J connectivity index is 2.77. The van der Waals surface area contributed by atoms with Crippen LogP contribution >= 0.6 is 0 Å². The summed E-state index contributed by atoms with van der Waals surface area (Å²) >= 11 is 0. The Morgan fingerprint density at radius 2 is 0.846 bits per heavy atom. The zero-order valence-electron chi connectivity index (χ0n) is 17.1. The van der Waals surface area contributed by atoms with Crippen molar-refractivity contribution in [2.75, 3.05) is 0 Å². The average Bonchev–Trinajstić information content (AvgIpc) is 2.47. The fourth-order valence-corrected chi connectivity index (χ4v) is 2.92. The summed E-state index contributed by atoms with van der Waals surface area (Å²) in [5.74, 6) is 0.816. The molecule has 2 amide bonds. The third-order valence-electron chi connectivity index (χ3n) is 3.88. The molecule has 0 radical (unpaired) electrons. The van der Waals surface area contributed by atoms with E-state index < -0.39 is 12.2 Å². The van der Waals surface area contributed by atoms with Crippen molar-refractivity contribution in [2.24, 2.45) is 0 Å². The predicted molar refractivity (Wildman–Crippen MR) is 103 cm³/mol. The van der Waals surface area contributed by atoms with Gasteiger partial charge in [0.1, 0.15) is 11.5 Å². The molecule has 0 atom stereocenters. The first-order valence-corrected chi connectivity index (χ1v) is 9.14. The fraction of sp³-hybridized carbons (Fsp3) is 0.600. The van der Waals surface area contributed by atoms with Crippen LogP contribution in [0.4, 0.5) is 9.59 Å². The summed E-state index contributed by atoms with van der Waals surface area (Å²) in [6.45, 7) is 15.5. The lowest BCUT2D eigenvalue weighted by molar-refractivity contribution is 0.120. The zero-order valence-corrected chi connectivity index (χ0v) is 17.1. The van der Waals surface area contributed by atoms with Crippen molar-refractivity contribution in [2.45, 2.75) is 79.6 Å². The maximum Gasteiger partial charge on any atom is 0.415 e. The molecule has 0 aromatic heterocycles. The Morgan fingerprint density at radius 3 is 1.04 bits per heavy atom. The summed E-state index contributed by atoms with van der Waals surface area (Å²) in [4.78, 5) is 27.9. The van der Waals surface area contributed by atoms with Crippen molar-refractivity contribution in [3.8, 4) is 11.5 Å². The van der Waals surface area contributed by atoms with Crippen LogP contribution in [0.25, 0.3) is 0 Å². The molecule has 0 unspecified atom stereocenters. The molecule has 0 saturated heterocycles. The first kappa shape index (κ1) is 21.8.